The normalized spacial score (nSPS) is 33.0. The summed E-state index contributed by atoms with van der Waals surface area (Å²) in [5.41, 5.74) is -0.452. The van der Waals surface area contributed by atoms with Crippen molar-refractivity contribution in [1.82, 2.24) is 0 Å². The van der Waals surface area contributed by atoms with Crippen LogP contribution in [0.2, 0.25) is 0 Å². The average Bonchev–Trinajstić information content (AvgIpc) is 3.48. The molecule has 2 saturated carbocycles. The molecule has 1 heterocycles. The van der Waals surface area contributed by atoms with Gasteiger partial charge in [0, 0.05) is 35.0 Å². The minimum atomic E-state index is -0.749. The van der Waals surface area contributed by atoms with E-state index in [2.05, 4.69) is 26.3 Å². The molecule has 35 heavy (non-hydrogen) atoms. The highest BCUT2D eigenvalue weighted by Crippen LogP contribution is 2.67. The van der Waals surface area contributed by atoms with Crippen LogP contribution in [0.25, 0.3) is 0 Å². The van der Waals surface area contributed by atoms with Crippen LogP contribution in [0.4, 0.5) is 0 Å². The van der Waals surface area contributed by atoms with Crippen molar-refractivity contribution < 1.29 is 23.7 Å². The first-order valence-electron chi connectivity index (χ1n) is 12.8. The number of terminal acetylenes is 1. The third-order valence-corrected chi connectivity index (χ3v) is 9.14. The van der Waals surface area contributed by atoms with Gasteiger partial charge in [0.2, 0.25) is 0 Å². The Morgan fingerprint density at radius 1 is 1.26 bits per heavy atom. The van der Waals surface area contributed by atoms with Crippen molar-refractivity contribution in [3.05, 3.63) is 42.5 Å². The van der Waals surface area contributed by atoms with E-state index in [-0.39, 0.29) is 23.0 Å². The van der Waals surface area contributed by atoms with Crippen molar-refractivity contribution in [3.63, 3.8) is 0 Å². The van der Waals surface area contributed by atoms with E-state index in [4.69, 9.17) is 25.4 Å². The van der Waals surface area contributed by atoms with E-state index >= 15 is 0 Å². The van der Waals surface area contributed by atoms with E-state index in [0.29, 0.717) is 32.8 Å². The van der Waals surface area contributed by atoms with Gasteiger partial charge in [0.15, 0.2) is 5.79 Å². The quantitative estimate of drug-likeness (QED) is 0.342. The van der Waals surface area contributed by atoms with Gasteiger partial charge in [-0.3, -0.25) is 4.79 Å². The summed E-state index contributed by atoms with van der Waals surface area (Å²) >= 11 is 0. The molecule has 4 rings (SSSR count). The number of fused-ring (bicyclic) bond motifs is 2. The van der Waals surface area contributed by atoms with Crippen molar-refractivity contribution in [1.29, 1.82) is 0 Å². The van der Waals surface area contributed by atoms with Crippen LogP contribution in [0, 0.1) is 40.4 Å². The summed E-state index contributed by atoms with van der Waals surface area (Å²) in [6.45, 7) is 12.4. The van der Waals surface area contributed by atoms with Gasteiger partial charge in [-0.1, -0.05) is 44.9 Å². The van der Waals surface area contributed by atoms with Crippen molar-refractivity contribution in [3.8, 4) is 18.1 Å². The smallest absolute Gasteiger partial charge is 0.173 e. The molecule has 3 aliphatic rings. The van der Waals surface area contributed by atoms with Crippen LogP contribution in [-0.4, -0.2) is 38.5 Å². The van der Waals surface area contributed by atoms with Crippen LogP contribution in [0.1, 0.15) is 58.4 Å². The van der Waals surface area contributed by atoms with Crippen LogP contribution >= 0.6 is 0 Å². The Labute approximate surface area is 210 Å². The highest BCUT2D eigenvalue weighted by atomic mass is 16.7. The number of carbonyl (C=O) groups is 1. The van der Waals surface area contributed by atoms with E-state index in [0.717, 1.165) is 37.0 Å². The Morgan fingerprint density at radius 2 is 1.94 bits per heavy atom. The van der Waals surface area contributed by atoms with Crippen molar-refractivity contribution in [2.24, 2.45) is 28.1 Å². The minimum Gasteiger partial charge on any atom is -0.497 e. The summed E-state index contributed by atoms with van der Waals surface area (Å²) < 4.78 is 23.8. The minimum absolute atomic E-state index is 0.152. The van der Waals surface area contributed by atoms with Crippen LogP contribution < -0.4 is 4.74 Å². The van der Waals surface area contributed by atoms with Gasteiger partial charge in [0.25, 0.3) is 0 Å². The van der Waals surface area contributed by atoms with E-state index in [1.165, 1.54) is 0 Å². The molecule has 3 fully saturated rings. The third kappa shape index (κ3) is 4.46. The summed E-state index contributed by atoms with van der Waals surface area (Å²) in [4.78, 5) is 14.3. The number of methoxy groups -OCH3 is 1. The number of hydrogen-bond donors (Lipinski definition) is 0. The standard InChI is InChI=1S/C30H40O5/c1-7-27(4,21-33-20-23-9-11-24(32-6)12-10-23)19-25(31)28(5)22(3)13-14-29(8-2)15-16-30(26(28)29)34-17-18-35-30/h2,7,9-12,22,26H,1,13-21H2,3-6H3/t22-,26?,27+,28+,29+/m1/s1. The maximum Gasteiger partial charge on any atom is 0.173 e. The summed E-state index contributed by atoms with van der Waals surface area (Å²) in [5.74, 6) is 3.42. The van der Waals surface area contributed by atoms with Gasteiger partial charge in [0.1, 0.15) is 11.5 Å². The monoisotopic (exact) mass is 480 g/mol. The topological polar surface area (TPSA) is 54.0 Å². The fourth-order valence-corrected chi connectivity index (χ4v) is 6.77. The lowest BCUT2D eigenvalue weighted by Crippen LogP contribution is -2.59. The van der Waals surface area contributed by atoms with Gasteiger partial charge in [-0.15, -0.1) is 13.0 Å². The zero-order valence-corrected chi connectivity index (χ0v) is 21.7. The molecule has 190 valence electrons. The van der Waals surface area contributed by atoms with Gasteiger partial charge in [0.05, 0.1) is 33.5 Å². The lowest BCUT2D eigenvalue weighted by Gasteiger charge is -2.54. The molecule has 1 unspecified atom stereocenters. The average molecular weight is 481 g/mol. The molecule has 5 heteroatoms. The first-order chi connectivity index (χ1) is 16.7. The molecule has 0 radical (unpaired) electrons. The molecule has 1 aliphatic heterocycles. The van der Waals surface area contributed by atoms with Gasteiger partial charge in [-0.2, -0.15) is 0 Å². The van der Waals surface area contributed by atoms with Gasteiger partial charge < -0.3 is 18.9 Å². The van der Waals surface area contributed by atoms with E-state index in [1.807, 2.05) is 37.3 Å². The van der Waals surface area contributed by atoms with Crippen molar-refractivity contribution in [2.75, 3.05) is 26.9 Å². The second kappa shape index (κ2) is 9.73. The number of Topliss-reactive ketones (excluding diaryl/α,β-unsaturated/α-hetero) is 1. The molecule has 1 saturated heterocycles. The summed E-state index contributed by atoms with van der Waals surface area (Å²) in [6.07, 6.45) is 11.8. The van der Waals surface area contributed by atoms with Crippen LogP contribution in [0.3, 0.4) is 0 Å². The lowest BCUT2D eigenvalue weighted by molar-refractivity contribution is -0.232. The molecule has 0 N–H and O–H groups in total. The Hall–Kier alpha value is -2.13. The summed E-state index contributed by atoms with van der Waals surface area (Å²) in [7, 11) is 1.65. The molecule has 1 spiro atoms. The zero-order valence-electron chi connectivity index (χ0n) is 21.7. The van der Waals surface area contributed by atoms with Crippen LogP contribution in [-0.2, 0) is 25.6 Å². The predicted molar refractivity (Wildman–Crippen MR) is 136 cm³/mol. The Balaban J connectivity index is 1.52. The number of ether oxygens (including phenoxy) is 4. The maximum atomic E-state index is 14.3. The van der Waals surface area contributed by atoms with Crippen molar-refractivity contribution in [2.45, 2.75) is 65.3 Å². The molecule has 5 nitrogen and oxygen atoms in total. The molecule has 5 atom stereocenters. The maximum absolute atomic E-state index is 14.3. The molecule has 0 amide bonds. The second-order valence-corrected chi connectivity index (χ2v) is 11.3. The molecule has 1 aromatic carbocycles. The molecule has 0 aromatic heterocycles. The summed E-state index contributed by atoms with van der Waals surface area (Å²) in [5, 5.41) is 0. The number of rotatable bonds is 9. The highest BCUT2D eigenvalue weighted by molar-refractivity contribution is 5.86. The summed E-state index contributed by atoms with van der Waals surface area (Å²) in [6, 6.07) is 7.81. The predicted octanol–water partition coefficient (Wildman–Crippen LogP) is 5.57. The Bertz CT molecular complexity index is 971. The molecular weight excluding hydrogens is 440 g/mol. The SMILES string of the molecule is C#C[C@@]12CC[C@@H](C)[C@@](C)(C(=O)C[C@](C)(C=C)COCc3ccc(OC)cc3)C1C1(CC2)OCCO1. The second-order valence-electron chi connectivity index (χ2n) is 11.3. The lowest BCUT2D eigenvalue weighted by atomic mass is 9.49. The highest BCUT2D eigenvalue weighted by Gasteiger charge is 2.70. The Morgan fingerprint density at radius 3 is 2.54 bits per heavy atom. The van der Waals surface area contributed by atoms with Gasteiger partial charge in [-0.25, -0.2) is 0 Å². The number of benzene rings is 1. The van der Waals surface area contributed by atoms with Gasteiger partial charge >= 0.3 is 0 Å². The number of carbonyl (C=O) groups excluding carboxylic acids is 1. The first-order valence-corrected chi connectivity index (χ1v) is 12.8. The van der Waals surface area contributed by atoms with E-state index in [1.54, 1.807) is 7.11 Å². The van der Waals surface area contributed by atoms with E-state index in [9.17, 15) is 4.79 Å². The fourth-order valence-electron chi connectivity index (χ4n) is 6.77. The Kier molecular flexibility index (Phi) is 7.21. The van der Waals surface area contributed by atoms with Crippen molar-refractivity contribution >= 4 is 5.78 Å². The molecular formula is C30H40O5. The van der Waals surface area contributed by atoms with Crippen LogP contribution in [0.15, 0.2) is 36.9 Å². The number of hydrogen-bond acceptors (Lipinski definition) is 5. The first kappa shape index (κ1) is 25.9. The molecule has 0 bridgehead atoms. The zero-order chi connectivity index (χ0) is 25.3. The largest absolute Gasteiger partial charge is 0.497 e. The van der Waals surface area contributed by atoms with E-state index < -0.39 is 16.6 Å². The van der Waals surface area contributed by atoms with Gasteiger partial charge in [-0.05, 0) is 42.9 Å². The molecule has 2 aliphatic carbocycles. The van der Waals surface area contributed by atoms with Crippen LogP contribution in [0.5, 0.6) is 5.75 Å². The third-order valence-electron chi connectivity index (χ3n) is 9.14. The fraction of sp³-hybridized carbons (Fsp3) is 0.633. The molecule has 1 aromatic rings. The number of ketones is 1.